The first kappa shape index (κ1) is 21.9. The van der Waals surface area contributed by atoms with Crippen LogP contribution in [0.15, 0.2) is 59.6 Å². The summed E-state index contributed by atoms with van der Waals surface area (Å²) in [4.78, 5) is 4.66. The van der Waals surface area contributed by atoms with Crippen LogP contribution in [-0.2, 0) is 11.3 Å². The van der Waals surface area contributed by atoms with Crippen molar-refractivity contribution in [1.29, 1.82) is 0 Å². The lowest BCUT2D eigenvalue weighted by Gasteiger charge is -2.35. The standard InChI is InChI=1S/C23H34N4O/c1-5-23(6-2,27-18(3)19-12-8-7-9-13-19)17-25-22(24)26-21-15-11-10-14-20(21)16-28-4/h7-15,18,27H,5-6,16-17H2,1-4H3,(H3,24,25,26). The minimum absolute atomic E-state index is 0.104. The molecule has 5 nitrogen and oxygen atoms in total. The zero-order valence-electron chi connectivity index (χ0n) is 17.5. The Morgan fingerprint density at radius 1 is 1.07 bits per heavy atom. The number of aliphatic imine (C=N–C) groups is 1. The van der Waals surface area contributed by atoms with Crippen molar-refractivity contribution >= 4 is 11.6 Å². The monoisotopic (exact) mass is 382 g/mol. The smallest absolute Gasteiger partial charge is 0.193 e. The van der Waals surface area contributed by atoms with Gasteiger partial charge in [-0.2, -0.15) is 0 Å². The van der Waals surface area contributed by atoms with Crippen molar-refractivity contribution in [3.8, 4) is 0 Å². The molecule has 0 aliphatic carbocycles. The molecule has 28 heavy (non-hydrogen) atoms. The Bertz CT molecular complexity index is 741. The van der Waals surface area contributed by atoms with Gasteiger partial charge < -0.3 is 21.1 Å². The predicted octanol–water partition coefficient (Wildman–Crippen LogP) is 4.47. The molecule has 0 fully saturated rings. The van der Waals surface area contributed by atoms with Gasteiger partial charge in [-0.3, -0.25) is 4.99 Å². The number of nitrogens with one attached hydrogen (secondary N) is 2. The van der Waals surface area contributed by atoms with E-state index in [4.69, 9.17) is 10.5 Å². The number of rotatable bonds is 10. The largest absolute Gasteiger partial charge is 0.380 e. The second kappa shape index (κ2) is 10.8. The fourth-order valence-electron chi connectivity index (χ4n) is 3.35. The lowest BCUT2D eigenvalue weighted by atomic mass is 9.91. The summed E-state index contributed by atoms with van der Waals surface area (Å²) in [5.41, 5.74) is 9.35. The molecule has 5 heteroatoms. The number of benzene rings is 2. The summed E-state index contributed by atoms with van der Waals surface area (Å²) >= 11 is 0. The van der Waals surface area contributed by atoms with Crippen LogP contribution in [0.4, 0.5) is 5.69 Å². The number of methoxy groups -OCH3 is 1. The lowest BCUT2D eigenvalue weighted by molar-refractivity contribution is 0.185. The first-order valence-corrected chi connectivity index (χ1v) is 10.00. The van der Waals surface area contributed by atoms with Gasteiger partial charge in [-0.25, -0.2) is 0 Å². The van der Waals surface area contributed by atoms with Crippen LogP contribution < -0.4 is 16.4 Å². The van der Waals surface area contributed by atoms with Crippen molar-refractivity contribution in [3.05, 3.63) is 65.7 Å². The van der Waals surface area contributed by atoms with Gasteiger partial charge in [0.15, 0.2) is 5.96 Å². The molecule has 0 saturated heterocycles. The summed E-state index contributed by atoms with van der Waals surface area (Å²) in [6.07, 6.45) is 1.94. The molecule has 0 radical (unpaired) electrons. The molecule has 0 amide bonds. The molecular weight excluding hydrogens is 348 g/mol. The van der Waals surface area contributed by atoms with E-state index < -0.39 is 0 Å². The Morgan fingerprint density at radius 3 is 2.36 bits per heavy atom. The van der Waals surface area contributed by atoms with Gasteiger partial charge in [0.2, 0.25) is 0 Å². The van der Waals surface area contributed by atoms with Crippen molar-refractivity contribution in [2.45, 2.75) is 51.8 Å². The van der Waals surface area contributed by atoms with Crippen molar-refractivity contribution < 1.29 is 4.74 Å². The van der Waals surface area contributed by atoms with Gasteiger partial charge in [0.1, 0.15) is 0 Å². The van der Waals surface area contributed by atoms with Gasteiger partial charge in [-0.05, 0) is 31.4 Å². The Kier molecular flexibility index (Phi) is 8.48. The molecule has 0 spiro atoms. The van der Waals surface area contributed by atoms with E-state index in [1.165, 1.54) is 5.56 Å². The molecule has 1 atom stereocenters. The topological polar surface area (TPSA) is 71.7 Å². The molecule has 0 saturated carbocycles. The van der Waals surface area contributed by atoms with Gasteiger partial charge in [0.25, 0.3) is 0 Å². The number of anilines is 1. The quantitative estimate of drug-likeness (QED) is 0.419. The van der Waals surface area contributed by atoms with Crippen LogP contribution in [0.2, 0.25) is 0 Å². The van der Waals surface area contributed by atoms with E-state index in [0.29, 0.717) is 19.1 Å². The van der Waals surface area contributed by atoms with Crippen LogP contribution >= 0.6 is 0 Å². The van der Waals surface area contributed by atoms with Crippen molar-refractivity contribution in [1.82, 2.24) is 5.32 Å². The SMILES string of the molecule is CCC(CC)(CN=C(N)Nc1ccccc1COC)NC(C)c1ccccc1. The molecule has 2 aromatic carbocycles. The zero-order valence-corrected chi connectivity index (χ0v) is 17.5. The third-order valence-corrected chi connectivity index (χ3v) is 5.31. The minimum atomic E-state index is -0.104. The van der Waals surface area contributed by atoms with E-state index in [2.05, 4.69) is 60.7 Å². The third-order valence-electron chi connectivity index (χ3n) is 5.31. The normalized spacial score (nSPS) is 13.4. The van der Waals surface area contributed by atoms with Gasteiger partial charge in [-0.15, -0.1) is 0 Å². The molecule has 0 bridgehead atoms. The van der Waals surface area contributed by atoms with Crippen LogP contribution in [0.25, 0.3) is 0 Å². The van der Waals surface area contributed by atoms with Crippen LogP contribution in [0.5, 0.6) is 0 Å². The summed E-state index contributed by atoms with van der Waals surface area (Å²) < 4.78 is 5.25. The maximum absolute atomic E-state index is 6.20. The van der Waals surface area contributed by atoms with Gasteiger partial charge >= 0.3 is 0 Å². The summed E-state index contributed by atoms with van der Waals surface area (Å²) in [7, 11) is 1.69. The second-order valence-electron chi connectivity index (χ2n) is 7.18. The first-order chi connectivity index (χ1) is 13.5. The molecular formula is C23H34N4O. The molecule has 152 valence electrons. The minimum Gasteiger partial charge on any atom is -0.380 e. The molecule has 0 aromatic heterocycles. The maximum atomic E-state index is 6.20. The molecule has 0 heterocycles. The molecule has 0 aliphatic rings. The van der Waals surface area contributed by atoms with Crippen LogP contribution in [0.3, 0.4) is 0 Å². The maximum Gasteiger partial charge on any atom is 0.193 e. The summed E-state index contributed by atoms with van der Waals surface area (Å²) in [5.74, 6) is 0.420. The fourth-order valence-corrected chi connectivity index (χ4v) is 3.35. The van der Waals surface area contributed by atoms with Crippen molar-refractivity contribution in [2.75, 3.05) is 19.0 Å². The Hall–Kier alpha value is -2.37. The lowest BCUT2D eigenvalue weighted by Crippen LogP contribution is -2.48. The number of hydrogen-bond acceptors (Lipinski definition) is 3. The average molecular weight is 383 g/mol. The fraction of sp³-hybridized carbons (Fsp3) is 0.435. The molecule has 4 N–H and O–H groups in total. The Balaban J connectivity index is 2.08. The highest BCUT2D eigenvalue weighted by Gasteiger charge is 2.28. The zero-order chi connectivity index (χ0) is 20.4. The van der Waals surface area contributed by atoms with E-state index in [1.54, 1.807) is 7.11 Å². The Morgan fingerprint density at radius 2 is 1.71 bits per heavy atom. The summed E-state index contributed by atoms with van der Waals surface area (Å²) in [6, 6.07) is 18.7. The molecule has 0 aliphatic heterocycles. The molecule has 2 aromatic rings. The van der Waals surface area contributed by atoms with E-state index in [0.717, 1.165) is 24.1 Å². The van der Waals surface area contributed by atoms with Crippen LogP contribution in [0.1, 0.15) is 50.8 Å². The third kappa shape index (κ3) is 6.08. The van der Waals surface area contributed by atoms with Crippen molar-refractivity contribution in [3.63, 3.8) is 0 Å². The number of nitrogens with two attached hydrogens (primary N) is 1. The summed E-state index contributed by atoms with van der Waals surface area (Å²) in [5, 5.41) is 7.01. The van der Waals surface area contributed by atoms with Crippen LogP contribution in [-0.4, -0.2) is 25.2 Å². The van der Waals surface area contributed by atoms with Gasteiger partial charge in [-0.1, -0.05) is 62.4 Å². The van der Waals surface area contributed by atoms with E-state index in [1.807, 2.05) is 30.3 Å². The van der Waals surface area contributed by atoms with Crippen LogP contribution in [0, 0.1) is 0 Å². The van der Waals surface area contributed by atoms with E-state index >= 15 is 0 Å². The number of guanidine groups is 1. The summed E-state index contributed by atoms with van der Waals surface area (Å²) in [6.45, 7) is 7.73. The Labute approximate surface area is 169 Å². The molecule has 2 rings (SSSR count). The number of para-hydroxylation sites is 1. The van der Waals surface area contributed by atoms with Gasteiger partial charge in [0.05, 0.1) is 13.2 Å². The number of ether oxygens (including phenoxy) is 1. The first-order valence-electron chi connectivity index (χ1n) is 10.00. The highest BCUT2D eigenvalue weighted by molar-refractivity contribution is 5.93. The van der Waals surface area contributed by atoms with E-state index in [-0.39, 0.29) is 11.6 Å². The number of nitrogens with zero attached hydrogens (tertiary/aromatic N) is 1. The number of hydrogen-bond donors (Lipinski definition) is 3. The highest BCUT2D eigenvalue weighted by atomic mass is 16.5. The van der Waals surface area contributed by atoms with E-state index in [9.17, 15) is 0 Å². The van der Waals surface area contributed by atoms with Gasteiger partial charge in [0, 0.05) is 29.9 Å². The second-order valence-corrected chi connectivity index (χ2v) is 7.18. The van der Waals surface area contributed by atoms with Crippen molar-refractivity contribution in [2.24, 2.45) is 10.7 Å². The highest BCUT2D eigenvalue weighted by Crippen LogP contribution is 2.23. The predicted molar refractivity (Wildman–Crippen MR) is 119 cm³/mol. The molecule has 1 unspecified atom stereocenters. The average Bonchev–Trinajstić information content (AvgIpc) is 2.73.